The minimum Gasteiger partial charge on any atom is -0.484 e. The third kappa shape index (κ3) is 3.58. The number of benzene rings is 2. The van der Waals surface area contributed by atoms with E-state index in [0.717, 1.165) is 20.2 Å². The van der Waals surface area contributed by atoms with Crippen LogP contribution < -0.4 is 10.1 Å². The normalized spacial score (nSPS) is 10.6. The lowest BCUT2D eigenvalue weighted by molar-refractivity contribution is -0.118. The number of nitrogens with one attached hydrogen (secondary N) is 1. The number of para-hydroxylation sites is 1. The smallest absolute Gasteiger partial charge is 0.262 e. The Hall–Kier alpha value is -2.05. The minimum absolute atomic E-state index is 0.0131. The summed E-state index contributed by atoms with van der Waals surface area (Å²) in [4.78, 5) is 16.4. The molecule has 1 aromatic heterocycles. The molecule has 0 spiro atoms. The maximum atomic E-state index is 11.9. The van der Waals surface area contributed by atoms with Crippen molar-refractivity contribution in [1.29, 1.82) is 0 Å². The number of carbonyl (C=O) groups is 1. The first-order valence-electron chi connectivity index (χ1n) is 6.67. The van der Waals surface area contributed by atoms with Gasteiger partial charge in [-0.2, -0.15) is 0 Å². The Morgan fingerprint density at radius 3 is 2.86 bits per heavy atom. The van der Waals surface area contributed by atoms with E-state index in [0.29, 0.717) is 5.75 Å². The van der Waals surface area contributed by atoms with Crippen LogP contribution in [0.5, 0.6) is 5.75 Å². The first kappa shape index (κ1) is 14.9. The van der Waals surface area contributed by atoms with Crippen molar-refractivity contribution in [1.82, 2.24) is 4.98 Å². The summed E-state index contributed by atoms with van der Waals surface area (Å²) >= 11 is 3.24. The summed E-state index contributed by atoms with van der Waals surface area (Å²) in [6, 6.07) is 15.0. The van der Waals surface area contributed by atoms with Crippen LogP contribution in [0.15, 0.2) is 52.9 Å². The molecule has 112 valence electrons. The zero-order valence-electron chi connectivity index (χ0n) is 11.9. The molecule has 0 unspecified atom stereocenters. The van der Waals surface area contributed by atoms with Gasteiger partial charge in [0.25, 0.3) is 5.91 Å². The molecule has 3 aromatic rings. The predicted octanol–water partition coefficient (Wildman–Crippen LogP) is 4.04. The van der Waals surface area contributed by atoms with Crippen molar-refractivity contribution in [2.75, 3.05) is 18.2 Å². The number of carbonyl (C=O) groups excluding carboxylic acids is 1. The van der Waals surface area contributed by atoms with E-state index in [1.807, 2.05) is 54.8 Å². The minimum atomic E-state index is -0.183. The van der Waals surface area contributed by atoms with Gasteiger partial charge in [0.2, 0.25) is 0 Å². The van der Waals surface area contributed by atoms with Gasteiger partial charge >= 0.3 is 0 Å². The molecule has 0 fully saturated rings. The lowest BCUT2D eigenvalue weighted by atomic mass is 10.3. The predicted molar refractivity (Wildman–Crippen MR) is 92.0 cm³/mol. The van der Waals surface area contributed by atoms with E-state index < -0.39 is 0 Å². The Morgan fingerprint density at radius 1 is 1.27 bits per heavy atom. The number of nitrogens with zero attached hydrogens (tertiary/aromatic N) is 1. The van der Waals surface area contributed by atoms with E-state index in [-0.39, 0.29) is 12.5 Å². The monoisotopic (exact) mass is 330 g/mol. The molecule has 6 heteroatoms. The van der Waals surface area contributed by atoms with Crippen LogP contribution in [0.3, 0.4) is 0 Å². The Kier molecular flexibility index (Phi) is 4.60. The average Bonchev–Trinajstić information content (AvgIpc) is 2.96. The van der Waals surface area contributed by atoms with Gasteiger partial charge in [-0.3, -0.25) is 4.79 Å². The third-order valence-electron chi connectivity index (χ3n) is 2.94. The van der Waals surface area contributed by atoms with Crippen LogP contribution in [0.2, 0.25) is 0 Å². The van der Waals surface area contributed by atoms with Gasteiger partial charge in [-0.15, -0.1) is 11.3 Å². The Morgan fingerprint density at radius 2 is 2.09 bits per heavy atom. The molecular formula is C16H14N2O2S2. The maximum Gasteiger partial charge on any atom is 0.262 e. The van der Waals surface area contributed by atoms with Crippen molar-refractivity contribution < 1.29 is 9.53 Å². The van der Waals surface area contributed by atoms with Crippen LogP contribution in [0, 0.1) is 0 Å². The Labute approximate surface area is 136 Å². The molecule has 1 N–H and O–H groups in total. The van der Waals surface area contributed by atoms with Crippen LogP contribution in [0.1, 0.15) is 0 Å². The highest BCUT2D eigenvalue weighted by atomic mass is 32.2. The summed E-state index contributed by atoms with van der Waals surface area (Å²) in [5, 5.41) is 2.84. The second kappa shape index (κ2) is 6.81. The lowest BCUT2D eigenvalue weighted by Gasteiger charge is -2.07. The molecule has 4 nitrogen and oxygen atoms in total. The van der Waals surface area contributed by atoms with Gasteiger partial charge in [0, 0.05) is 5.69 Å². The van der Waals surface area contributed by atoms with Gasteiger partial charge in [0.1, 0.15) is 5.75 Å². The van der Waals surface area contributed by atoms with Crippen LogP contribution in [0.4, 0.5) is 5.69 Å². The molecule has 0 aliphatic carbocycles. The van der Waals surface area contributed by atoms with Crippen LogP contribution in [-0.4, -0.2) is 23.8 Å². The summed E-state index contributed by atoms with van der Waals surface area (Å²) in [5.41, 5.74) is 1.71. The molecule has 0 radical (unpaired) electrons. The highest BCUT2D eigenvalue weighted by Gasteiger charge is 2.07. The summed E-state index contributed by atoms with van der Waals surface area (Å²) in [6.07, 6.45) is 2.00. The van der Waals surface area contributed by atoms with E-state index in [2.05, 4.69) is 10.3 Å². The van der Waals surface area contributed by atoms with Gasteiger partial charge in [0.05, 0.1) is 10.2 Å². The molecule has 1 heterocycles. The second-order valence-electron chi connectivity index (χ2n) is 4.52. The van der Waals surface area contributed by atoms with E-state index in [4.69, 9.17) is 4.74 Å². The Bertz CT molecular complexity index is 787. The molecular weight excluding hydrogens is 316 g/mol. The fraction of sp³-hybridized carbons (Fsp3) is 0.125. The number of ether oxygens (including phenoxy) is 1. The first-order chi connectivity index (χ1) is 10.7. The molecule has 1 amide bonds. The van der Waals surface area contributed by atoms with Crippen molar-refractivity contribution in [2.45, 2.75) is 4.34 Å². The molecule has 2 aromatic carbocycles. The van der Waals surface area contributed by atoms with E-state index in [1.165, 1.54) is 0 Å². The van der Waals surface area contributed by atoms with Gasteiger partial charge in [-0.05, 0) is 36.6 Å². The molecule has 0 saturated carbocycles. The molecule has 0 aliphatic rings. The number of thioether (sulfide) groups is 1. The number of amides is 1. The number of hydrogen-bond donors (Lipinski definition) is 1. The topological polar surface area (TPSA) is 51.2 Å². The van der Waals surface area contributed by atoms with Crippen molar-refractivity contribution >= 4 is 44.9 Å². The van der Waals surface area contributed by atoms with Crippen molar-refractivity contribution in [2.24, 2.45) is 0 Å². The zero-order valence-corrected chi connectivity index (χ0v) is 13.5. The van der Waals surface area contributed by atoms with Gasteiger partial charge < -0.3 is 10.1 Å². The number of anilines is 1. The first-order valence-corrected chi connectivity index (χ1v) is 8.71. The van der Waals surface area contributed by atoms with Crippen molar-refractivity contribution in [3.8, 4) is 5.75 Å². The van der Waals surface area contributed by atoms with Gasteiger partial charge in [-0.1, -0.05) is 30.0 Å². The summed E-state index contributed by atoms with van der Waals surface area (Å²) in [7, 11) is 0. The van der Waals surface area contributed by atoms with Crippen LogP contribution >= 0.6 is 23.1 Å². The fourth-order valence-corrected chi connectivity index (χ4v) is 3.46. The van der Waals surface area contributed by atoms with Crippen molar-refractivity contribution in [3.05, 3.63) is 48.5 Å². The number of fused-ring (bicyclic) bond motifs is 1. The van der Waals surface area contributed by atoms with Crippen LogP contribution in [-0.2, 0) is 4.79 Å². The number of rotatable bonds is 5. The number of thiazole rings is 1. The third-order valence-corrected chi connectivity index (χ3v) is 4.94. The molecule has 22 heavy (non-hydrogen) atoms. The van der Waals surface area contributed by atoms with E-state index in [9.17, 15) is 4.79 Å². The summed E-state index contributed by atoms with van der Waals surface area (Å²) in [5.74, 6) is 0.498. The van der Waals surface area contributed by atoms with Crippen LogP contribution in [0.25, 0.3) is 10.2 Å². The maximum absolute atomic E-state index is 11.9. The van der Waals surface area contributed by atoms with Crippen molar-refractivity contribution in [3.63, 3.8) is 0 Å². The molecule has 0 atom stereocenters. The molecule has 0 aliphatic heterocycles. The molecule has 3 rings (SSSR count). The van der Waals surface area contributed by atoms with E-state index >= 15 is 0 Å². The fourth-order valence-electron chi connectivity index (χ4n) is 1.93. The van der Waals surface area contributed by atoms with Gasteiger partial charge in [0.15, 0.2) is 10.9 Å². The molecule has 0 bridgehead atoms. The zero-order chi connectivity index (χ0) is 15.4. The quantitative estimate of drug-likeness (QED) is 0.718. The SMILES string of the molecule is CSc1nc2ccc(NC(=O)COc3ccccc3)cc2s1. The van der Waals surface area contributed by atoms with Gasteiger partial charge in [-0.25, -0.2) is 4.98 Å². The second-order valence-corrected chi connectivity index (χ2v) is 6.60. The number of aromatic nitrogens is 1. The highest BCUT2D eigenvalue weighted by Crippen LogP contribution is 2.29. The number of hydrogen-bond acceptors (Lipinski definition) is 5. The summed E-state index contributed by atoms with van der Waals surface area (Å²) in [6.45, 7) is -0.0131. The van der Waals surface area contributed by atoms with E-state index in [1.54, 1.807) is 23.1 Å². The Balaban J connectivity index is 1.63. The average molecular weight is 330 g/mol. The summed E-state index contributed by atoms with van der Waals surface area (Å²) < 4.78 is 7.50. The molecule has 0 saturated heterocycles. The largest absolute Gasteiger partial charge is 0.484 e. The standard InChI is InChI=1S/C16H14N2O2S2/c1-21-16-18-13-8-7-11(9-14(13)22-16)17-15(19)10-20-12-5-3-2-4-6-12/h2-9H,10H2,1H3,(H,17,19). The lowest BCUT2D eigenvalue weighted by Crippen LogP contribution is -2.20. The highest BCUT2D eigenvalue weighted by molar-refractivity contribution is 8.00.